The highest BCUT2D eigenvalue weighted by Crippen LogP contribution is 2.33. The molecule has 15 heavy (non-hydrogen) atoms. The first-order valence-electron chi connectivity index (χ1n) is 3.96. The molecule has 5 nitrogen and oxygen atoms in total. The second kappa shape index (κ2) is 3.65. The van der Waals surface area contributed by atoms with Gasteiger partial charge in [0, 0.05) is 12.0 Å². The molecule has 0 fully saturated rings. The molecule has 0 aromatic carbocycles. The summed E-state index contributed by atoms with van der Waals surface area (Å²) < 4.78 is 0. The normalized spacial score (nSPS) is 23.8. The first-order valence-corrected chi connectivity index (χ1v) is 3.96. The Morgan fingerprint density at radius 3 is 2.47 bits per heavy atom. The summed E-state index contributed by atoms with van der Waals surface area (Å²) >= 11 is 0. The van der Waals surface area contributed by atoms with E-state index in [1.807, 2.05) is 0 Å². The van der Waals surface area contributed by atoms with Gasteiger partial charge in [-0.05, 0) is 12.2 Å². The standard InChI is InChI=1S/C10H5N3O2/c11-4-7-1-8(5-12)3-10(2-7,6-13)9(14)15/h1-2H,3H2,(H,14,15). The Kier molecular flexibility index (Phi) is 2.56. The lowest BCUT2D eigenvalue weighted by molar-refractivity contribution is -0.143. The fraction of sp³-hybridized carbons (Fsp3) is 0.200. The van der Waals surface area contributed by atoms with Crippen LogP contribution in [0.4, 0.5) is 0 Å². The van der Waals surface area contributed by atoms with Gasteiger partial charge in [0.2, 0.25) is 0 Å². The van der Waals surface area contributed by atoms with E-state index in [1.165, 1.54) is 6.08 Å². The molecular formula is C10H5N3O2. The number of hydrogen-bond acceptors (Lipinski definition) is 4. The van der Waals surface area contributed by atoms with Crippen molar-refractivity contribution in [2.24, 2.45) is 5.41 Å². The van der Waals surface area contributed by atoms with Crippen molar-refractivity contribution < 1.29 is 9.90 Å². The van der Waals surface area contributed by atoms with Gasteiger partial charge in [0.05, 0.1) is 23.8 Å². The van der Waals surface area contributed by atoms with Gasteiger partial charge in [0.1, 0.15) is 0 Å². The zero-order chi connectivity index (χ0) is 11.5. The zero-order valence-corrected chi connectivity index (χ0v) is 7.56. The van der Waals surface area contributed by atoms with E-state index in [-0.39, 0.29) is 17.6 Å². The Hall–Kier alpha value is -2.58. The molecule has 1 atom stereocenters. The average molecular weight is 199 g/mol. The third-order valence-corrected chi connectivity index (χ3v) is 2.05. The van der Waals surface area contributed by atoms with Crippen LogP contribution in [0.1, 0.15) is 6.42 Å². The second-order valence-electron chi connectivity index (χ2n) is 3.06. The third-order valence-electron chi connectivity index (χ3n) is 2.05. The molecule has 1 rings (SSSR count). The van der Waals surface area contributed by atoms with E-state index in [1.54, 1.807) is 18.2 Å². The molecule has 1 N–H and O–H groups in total. The van der Waals surface area contributed by atoms with Crippen LogP contribution in [0.2, 0.25) is 0 Å². The lowest BCUT2D eigenvalue weighted by Crippen LogP contribution is -2.29. The largest absolute Gasteiger partial charge is 0.480 e. The molecule has 1 aliphatic rings. The van der Waals surface area contributed by atoms with Crippen molar-refractivity contribution in [3.8, 4) is 18.2 Å². The van der Waals surface area contributed by atoms with Crippen LogP contribution in [0.25, 0.3) is 0 Å². The minimum Gasteiger partial charge on any atom is -0.480 e. The SMILES string of the molecule is N#CC1=CC(C#N)(C(=O)O)CC(C#N)=C1. The molecule has 1 aliphatic carbocycles. The van der Waals surface area contributed by atoms with Gasteiger partial charge in [-0.15, -0.1) is 0 Å². The maximum absolute atomic E-state index is 10.9. The van der Waals surface area contributed by atoms with E-state index in [2.05, 4.69) is 0 Å². The fourth-order valence-electron chi connectivity index (χ4n) is 1.29. The minimum atomic E-state index is -1.79. The molecule has 0 aromatic heterocycles. The lowest BCUT2D eigenvalue weighted by atomic mass is 9.78. The molecule has 0 aromatic rings. The Bertz CT molecular complexity index is 496. The highest BCUT2D eigenvalue weighted by atomic mass is 16.4. The van der Waals surface area contributed by atoms with Gasteiger partial charge in [-0.1, -0.05) is 0 Å². The van der Waals surface area contributed by atoms with Gasteiger partial charge in [-0.3, -0.25) is 4.79 Å². The van der Waals surface area contributed by atoms with E-state index in [4.69, 9.17) is 20.9 Å². The molecule has 0 saturated heterocycles. The highest BCUT2D eigenvalue weighted by Gasteiger charge is 2.40. The number of carbonyl (C=O) groups is 1. The molecule has 5 heteroatoms. The van der Waals surface area contributed by atoms with Gasteiger partial charge in [0.15, 0.2) is 5.41 Å². The van der Waals surface area contributed by atoms with Gasteiger partial charge < -0.3 is 5.11 Å². The predicted octanol–water partition coefficient (Wildman–Crippen LogP) is 0.885. The summed E-state index contributed by atoms with van der Waals surface area (Å²) in [6.45, 7) is 0. The topological polar surface area (TPSA) is 109 Å². The summed E-state index contributed by atoms with van der Waals surface area (Å²) in [5.74, 6) is -1.35. The van der Waals surface area contributed by atoms with Crippen molar-refractivity contribution in [3.63, 3.8) is 0 Å². The molecule has 0 heterocycles. The van der Waals surface area contributed by atoms with Crippen LogP contribution in [0.3, 0.4) is 0 Å². The van der Waals surface area contributed by atoms with Crippen LogP contribution < -0.4 is 0 Å². The number of carboxylic acids is 1. The average Bonchev–Trinajstić information content (AvgIpc) is 2.27. The Balaban J connectivity index is 3.32. The minimum absolute atomic E-state index is 0.0294. The van der Waals surface area contributed by atoms with Crippen LogP contribution in [0.5, 0.6) is 0 Å². The smallest absolute Gasteiger partial charge is 0.328 e. The van der Waals surface area contributed by atoms with Gasteiger partial charge in [-0.2, -0.15) is 15.8 Å². The van der Waals surface area contributed by atoms with Crippen molar-refractivity contribution in [1.82, 2.24) is 0 Å². The van der Waals surface area contributed by atoms with Crippen molar-refractivity contribution in [2.75, 3.05) is 0 Å². The molecule has 0 bridgehead atoms. The summed E-state index contributed by atoms with van der Waals surface area (Å²) in [7, 11) is 0. The first kappa shape index (κ1) is 10.5. The second-order valence-corrected chi connectivity index (χ2v) is 3.06. The van der Waals surface area contributed by atoms with Crippen molar-refractivity contribution >= 4 is 5.97 Å². The molecule has 1 unspecified atom stereocenters. The van der Waals surface area contributed by atoms with Crippen LogP contribution in [-0.4, -0.2) is 11.1 Å². The third kappa shape index (κ3) is 1.70. The van der Waals surface area contributed by atoms with Crippen LogP contribution in [0, 0.1) is 39.4 Å². The first-order chi connectivity index (χ1) is 7.07. The van der Waals surface area contributed by atoms with E-state index in [0.29, 0.717) is 0 Å². The number of carboxylic acid groups (broad SMARTS) is 1. The van der Waals surface area contributed by atoms with Crippen molar-refractivity contribution in [1.29, 1.82) is 15.8 Å². The van der Waals surface area contributed by atoms with Gasteiger partial charge in [0.25, 0.3) is 0 Å². The Morgan fingerprint density at radius 2 is 2.07 bits per heavy atom. The van der Waals surface area contributed by atoms with Gasteiger partial charge >= 0.3 is 5.97 Å². The number of allylic oxidation sites excluding steroid dienone is 3. The number of aliphatic carboxylic acids is 1. The van der Waals surface area contributed by atoms with E-state index in [9.17, 15) is 4.79 Å². The number of rotatable bonds is 1. The van der Waals surface area contributed by atoms with Crippen LogP contribution >= 0.6 is 0 Å². The fourth-order valence-corrected chi connectivity index (χ4v) is 1.29. The molecular weight excluding hydrogens is 194 g/mol. The lowest BCUT2D eigenvalue weighted by Gasteiger charge is -2.20. The van der Waals surface area contributed by atoms with Gasteiger partial charge in [-0.25, -0.2) is 0 Å². The van der Waals surface area contributed by atoms with Crippen LogP contribution in [-0.2, 0) is 4.79 Å². The molecule has 0 saturated carbocycles. The maximum atomic E-state index is 10.9. The summed E-state index contributed by atoms with van der Waals surface area (Å²) in [5, 5.41) is 35.0. The highest BCUT2D eigenvalue weighted by molar-refractivity contribution is 5.82. The quantitative estimate of drug-likeness (QED) is 0.674. The number of nitrogens with zero attached hydrogens (tertiary/aromatic N) is 3. The molecule has 0 amide bonds. The van der Waals surface area contributed by atoms with Crippen molar-refractivity contribution in [3.05, 3.63) is 23.3 Å². The van der Waals surface area contributed by atoms with Crippen LogP contribution in [0.15, 0.2) is 23.3 Å². The summed E-state index contributed by atoms with van der Waals surface area (Å²) in [6.07, 6.45) is 2.18. The summed E-state index contributed by atoms with van der Waals surface area (Å²) in [4.78, 5) is 10.9. The Morgan fingerprint density at radius 1 is 1.40 bits per heavy atom. The van der Waals surface area contributed by atoms with E-state index >= 15 is 0 Å². The number of nitriles is 3. The molecule has 0 radical (unpaired) electrons. The van der Waals surface area contributed by atoms with E-state index < -0.39 is 11.4 Å². The predicted molar refractivity (Wildman–Crippen MR) is 47.7 cm³/mol. The molecule has 0 spiro atoms. The molecule has 72 valence electrons. The van der Waals surface area contributed by atoms with E-state index in [0.717, 1.165) is 6.08 Å². The number of hydrogen-bond donors (Lipinski definition) is 1. The summed E-state index contributed by atoms with van der Waals surface area (Å²) in [6, 6.07) is 5.12. The summed E-state index contributed by atoms with van der Waals surface area (Å²) in [5.41, 5.74) is -1.63. The molecule has 0 aliphatic heterocycles. The van der Waals surface area contributed by atoms with Crippen molar-refractivity contribution in [2.45, 2.75) is 6.42 Å². The zero-order valence-electron chi connectivity index (χ0n) is 7.56. The maximum Gasteiger partial charge on any atom is 0.328 e. The monoisotopic (exact) mass is 199 g/mol. The Labute approximate surface area is 85.8 Å².